The van der Waals surface area contributed by atoms with Gasteiger partial charge in [-0.2, -0.15) is 0 Å². The Balaban J connectivity index is 2.74. The van der Waals surface area contributed by atoms with Gasteiger partial charge in [-0.25, -0.2) is 0 Å². The molecule has 0 saturated carbocycles. The number of nitrogens with one attached hydrogen (secondary N) is 1. The minimum atomic E-state index is -0.188. The van der Waals surface area contributed by atoms with Crippen LogP contribution in [0.25, 0.3) is 0 Å². The molecule has 0 aromatic heterocycles. The molecular weight excluding hydrogens is 190 g/mol. The first-order valence-electron chi connectivity index (χ1n) is 4.85. The largest absolute Gasteiger partial charge is 0.349 e. The van der Waals surface area contributed by atoms with Crippen LogP contribution in [0, 0.1) is 13.8 Å². The van der Waals surface area contributed by atoms with Gasteiger partial charge in [0.15, 0.2) is 5.78 Å². The number of benzene rings is 1. The lowest BCUT2D eigenvalue weighted by Crippen LogP contribution is -2.27. The van der Waals surface area contributed by atoms with Crippen molar-refractivity contribution in [3.8, 4) is 0 Å². The van der Waals surface area contributed by atoms with E-state index in [1.807, 2.05) is 26.0 Å². The van der Waals surface area contributed by atoms with Crippen molar-refractivity contribution in [2.75, 3.05) is 6.54 Å². The van der Waals surface area contributed by atoms with E-state index in [0.717, 1.165) is 11.1 Å². The molecule has 0 aliphatic heterocycles. The van der Waals surface area contributed by atoms with Gasteiger partial charge in [0, 0.05) is 12.5 Å². The first-order valence-corrected chi connectivity index (χ1v) is 4.85. The summed E-state index contributed by atoms with van der Waals surface area (Å²) in [5.74, 6) is -0.250. The Morgan fingerprint density at radius 2 is 1.87 bits per heavy atom. The van der Waals surface area contributed by atoms with Gasteiger partial charge in [0.05, 0.1) is 6.54 Å². The molecule has 1 aromatic carbocycles. The van der Waals surface area contributed by atoms with Gasteiger partial charge in [-0.3, -0.25) is 9.59 Å². The highest BCUT2D eigenvalue weighted by molar-refractivity contribution is 5.99. The van der Waals surface area contributed by atoms with Crippen LogP contribution in [0.15, 0.2) is 18.2 Å². The second-order valence-corrected chi connectivity index (χ2v) is 3.63. The Hall–Kier alpha value is -1.64. The fourth-order valence-corrected chi connectivity index (χ4v) is 1.22. The molecule has 1 amide bonds. The molecule has 0 aliphatic rings. The van der Waals surface area contributed by atoms with Crippen molar-refractivity contribution >= 4 is 11.7 Å². The number of ketones is 1. The maximum atomic E-state index is 11.6. The molecule has 15 heavy (non-hydrogen) atoms. The van der Waals surface area contributed by atoms with Crippen molar-refractivity contribution in [2.45, 2.75) is 20.8 Å². The number of rotatable bonds is 3. The van der Waals surface area contributed by atoms with Gasteiger partial charge < -0.3 is 5.32 Å². The molecular formula is C12H15NO2. The number of amides is 1. The van der Waals surface area contributed by atoms with Crippen molar-refractivity contribution in [1.29, 1.82) is 0 Å². The Morgan fingerprint density at radius 1 is 1.20 bits per heavy atom. The third kappa shape index (κ3) is 3.20. The second-order valence-electron chi connectivity index (χ2n) is 3.63. The predicted octanol–water partition coefficient (Wildman–Crippen LogP) is 1.62. The highest BCUT2D eigenvalue weighted by Crippen LogP contribution is 2.09. The van der Waals surface area contributed by atoms with E-state index in [0.29, 0.717) is 5.56 Å². The number of aryl methyl sites for hydroxylation is 2. The van der Waals surface area contributed by atoms with Crippen LogP contribution >= 0.6 is 0 Å². The maximum Gasteiger partial charge on any atom is 0.217 e. The molecule has 0 fully saturated rings. The van der Waals surface area contributed by atoms with E-state index in [-0.39, 0.29) is 18.2 Å². The molecule has 80 valence electrons. The fourth-order valence-electron chi connectivity index (χ4n) is 1.22. The summed E-state index contributed by atoms with van der Waals surface area (Å²) >= 11 is 0. The molecule has 0 unspecified atom stereocenters. The number of hydrogen-bond acceptors (Lipinski definition) is 2. The number of carbonyl (C=O) groups is 2. The third-order valence-electron chi connectivity index (χ3n) is 2.33. The average Bonchev–Trinajstić information content (AvgIpc) is 2.18. The molecule has 0 bridgehead atoms. The molecule has 3 nitrogen and oxygen atoms in total. The molecule has 3 heteroatoms. The quantitative estimate of drug-likeness (QED) is 0.762. The first-order chi connectivity index (χ1) is 7.00. The zero-order chi connectivity index (χ0) is 11.4. The van der Waals surface area contributed by atoms with Gasteiger partial charge in [0.25, 0.3) is 0 Å². The average molecular weight is 205 g/mol. The summed E-state index contributed by atoms with van der Waals surface area (Å²) in [6, 6.07) is 5.54. The van der Waals surface area contributed by atoms with Gasteiger partial charge >= 0.3 is 0 Å². The molecule has 0 heterocycles. The van der Waals surface area contributed by atoms with Crippen LogP contribution in [0.4, 0.5) is 0 Å². The first kappa shape index (κ1) is 11.4. The molecule has 0 radical (unpaired) electrons. The predicted molar refractivity (Wildman–Crippen MR) is 58.9 cm³/mol. The van der Waals surface area contributed by atoms with Gasteiger partial charge in [0.2, 0.25) is 5.91 Å². The normalized spacial score (nSPS) is 9.80. The van der Waals surface area contributed by atoms with Crippen LogP contribution in [0.5, 0.6) is 0 Å². The lowest BCUT2D eigenvalue weighted by Gasteiger charge is -2.04. The fraction of sp³-hybridized carbons (Fsp3) is 0.333. The van der Waals surface area contributed by atoms with Gasteiger partial charge in [-0.15, -0.1) is 0 Å². The molecule has 1 N–H and O–H groups in total. The van der Waals surface area contributed by atoms with Crippen molar-refractivity contribution in [1.82, 2.24) is 5.32 Å². The Morgan fingerprint density at radius 3 is 2.40 bits per heavy atom. The van der Waals surface area contributed by atoms with Crippen LogP contribution in [0.1, 0.15) is 28.4 Å². The minimum Gasteiger partial charge on any atom is -0.349 e. The molecule has 0 spiro atoms. The summed E-state index contributed by atoms with van der Waals surface area (Å²) in [6.07, 6.45) is 0. The lowest BCUT2D eigenvalue weighted by molar-refractivity contribution is -0.118. The van der Waals surface area contributed by atoms with Gasteiger partial charge in [-0.1, -0.05) is 12.1 Å². The topological polar surface area (TPSA) is 46.2 Å². The summed E-state index contributed by atoms with van der Waals surface area (Å²) in [4.78, 5) is 22.2. The van der Waals surface area contributed by atoms with Gasteiger partial charge in [-0.05, 0) is 31.0 Å². The summed E-state index contributed by atoms with van der Waals surface area (Å²) < 4.78 is 0. The van der Waals surface area contributed by atoms with E-state index in [9.17, 15) is 9.59 Å². The number of carbonyl (C=O) groups excluding carboxylic acids is 2. The zero-order valence-electron chi connectivity index (χ0n) is 9.26. The van der Waals surface area contributed by atoms with Gasteiger partial charge in [0.1, 0.15) is 0 Å². The van der Waals surface area contributed by atoms with Crippen LogP contribution in [0.2, 0.25) is 0 Å². The van der Waals surface area contributed by atoms with E-state index < -0.39 is 0 Å². The maximum absolute atomic E-state index is 11.6. The summed E-state index contributed by atoms with van der Waals surface area (Å²) in [6.45, 7) is 5.42. The van der Waals surface area contributed by atoms with Crippen molar-refractivity contribution in [3.63, 3.8) is 0 Å². The smallest absolute Gasteiger partial charge is 0.217 e. The molecule has 0 atom stereocenters. The molecule has 0 saturated heterocycles. The standard InChI is InChI=1S/C12H15NO2/c1-8-4-5-11(6-9(8)2)12(15)7-13-10(3)14/h4-6H,7H2,1-3H3,(H,13,14). The van der Waals surface area contributed by atoms with Crippen molar-refractivity contribution in [2.24, 2.45) is 0 Å². The van der Waals surface area contributed by atoms with Crippen LogP contribution in [0.3, 0.4) is 0 Å². The van der Waals surface area contributed by atoms with Crippen molar-refractivity contribution in [3.05, 3.63) is 34.9 Å². The summed E-state index contributed by atoms with van der Waals surface area (Å²) in [5, 5.41) is 2.49. The Labute approximate surface area is 89.5 Å². The lowest BCUT2D eigenvalue weighted by atomic mass is 10.0. The highest BCUT2D eigenvalue weighted by Gasteiger charge is 2.06. The van der Waals surface area contributed by atoms with E-state index in [1.54, 1.807) is 6.07 Å². The Bertz CT molecular complexity index is 397. The second kappa shape index (κ2) is 4.73. The number of Topliss-reactive ketones (excluding diaryl/α,β-unsaturated/α-hetero) is 1. The van der Waals surface area contributed by atoms with E-state index >= 15 is 0 Å². The molecule has 1 rings (SSSR count). The van der Waals surface area contributed by atoms with E-state index in [2.05, 4.69) is 5.32 Å². The molecule has 0 aliphatic carbocycles. The summed E-state index contributed by atoms with van der Waals surface area (Å²) in [5.41, 5.74) is 2.89. The third-order valence-corrected chi connectivity index (χ3v) is 2.33. The van der Waals surface area contributed by atoms with Crippen LogP contribution in [-0.4, -0.2) is 18.2 Å². The molecule has 1 aromatic rings. The van der Waals surface area contributed by atoms with E-state index in [1.165, 1.54) is 6.92 Å². The number of hydrogen-bond donors (Lipinski definition) is 1. The zero-order valence-corrected chi connectivity index (χ0v) is 9.26. The monoisotopic (exact) mass is 205 g/mol. The highest BCUT2D eigenvalue weighted by atomic mass is 16.2. The SMILES string of the molecule is CC(=O)NCC(=O)c1ccc(C)c(C)c1. The minimum absolute atomic E-state index is 0.0618. The van der Waals surface area contributed by atoms with E-state index in [4.69, 9.17) is 0 Å². The Kier molecular flexibility index (Phi) is 3.61. The van der Waals surface area contributed by atoms with Crippen molar-refractivity contribution < 1.29 is 9.59 Å². The van der Waals surface area contributed by atoms with Crippen LogP contribution in [-0.2, 0) is 4.79 Å². The van der Waals surface area contributed by atoms with Crippen LogP contribution < -0.4 is 5.32 Å². The summed E-state index contributed by atoms with van der Waals surface area (Å²) in [7, 11) is 0.